The maximum Gasteiger partial charge on any atom is 0.234 e. The van der Waals surface area contributed by atoms with Crippen molar-refractivity contribution in [2.45, 2.75) is 50.2 Å². The van der Waals surface area contributed by atoms with E-state index in [4.69, 9.17) is 4.74 Å². The second kappa shape index (κ2) is 7.22. The SMILES string of the molecule is COCCNC(=O)CNC1CC2CCCC(C1)N2C. The highest BCUT2D eigenvalue weighted by molar-refractivity contribution is 5.77. The summed E-state index contributed by atoms with van der Waals surface area (Å²) in [6, 6.07) is 1.92. The number of amides is 1. The van der Waals surface area contributed by atoms with E-state index in [1.807, 2.05) is 0 Å². The Bertz CT molecular complexity index is 284. The minimum absolute atomic E-state index is 0.0705. The van der Waals surface area contributed by atoms with E-state index in [1.54, 1.807) is 7.11 Å². The van der Waals surface area contributed by atoms with Crippen molar-refractivity contribution in [1.82, 2.24) is 15.5 Å². The summed E-state index contributed by atoms with van der Waals surface area (Å²) < 4.78 is 4.91. The number of hydrogen-bond acceptors (Lipinski definition) is 4. The molecular formula is C14H27N3O2. The lowest BCUT2D eigenvalue weighted by molar-refractivity contribution is -0.120. The molecule has 2 fully saturated rings. The Morgan fingerprint density at radius 3 is 2.63 bits per heavy atom. The van der Waals surface area contributed by atoms with Crippen LogP contribution in [0.4, 0.5) is 0 Å². The number of nitrogens with one attached hydrogen (secondary N) is 2. The Labute approximate surface area is 116 Å². The smallest absolute Gasteiger partial charge is 0.234 e. The number of fused-ring (bicyclic) bond motifs is 2. The van der Waals surface area contributed by atoms with Crippen molar-refractivity contribution in [2.24, 2.45) is 0 Å². The molecule has 5 heteroatoms. The van der Waals surface area contributed by atoms with E-state index in [-0.39, 0.29) is 5.91 Å². The van der Waals surface area contributed by atoms with Crippen LogP contribution in [0, 0.1) is 0 Å². The molecule has 0 saturated carbocycles. The highest BCUT2D eigenvalue weighted by atomic mass is 16.5. The van der Waals surface area contributed by atoms with Gasteiger partial charge in [0.2, 0.25) is 5.91 Å². The molecule has 0 radical (unpaired) electrons. The first-order valence-electron chi connectivity index (χ1n) is 7.41. The summed E-state index contributed by atoms with van der Waals surface area (Å²) in [6.45, 7) is 1.59. The van der Waals surface area contributed by atoms with Crippen LogP contribution in [0.1, 0.15) is 32.1 Å². The van der Waals surface area contributed by atoms with Crippen molar-refractivity contribution in [3.63, 3.8) is 0 Å². The second-order valence-electron chi connectivity index (χ2n) is 5.80. The number of piperidine rings is 2. The monoisotopic (exact) mass is 269 g/mol. The molecule has 2 saturated heterocycles. The van der Waals surface area contributed by atoms with Gasteiger partial charge in [-0.1, -0.05) is 6.42 Å². The molecule has 2 unspecified atom stereocenters. The topological polar surface area (TPSA) is 53.6 Å². The van der Waals surface area contributed by atoms with E-state index in [2.05, 4.69) is 22.6 Å². The number of rotatable bonds is 6. The number of hydrogen-bond donors (Lipinski definition) is 2. The average Bonchev–Trinajstić information content (AvgIpc) is 2.37. The lowest BCUT2D eigenvalue weighted by atomic mass is 9.82. The Hall–Kier alpha value is -0.650. The Morgan fingerprint density at radius 2 is 2.00 bits per heavy atom. The summed E-state index contributed by atoms with van der Waals surface area (Å²) in [4.78, 5) is 14.2. The van der Waals surface area contributed by atoms with Gasteiger partial charge in [0.1, 0.15) is 0 Å². The summed E-state index contributed by atoms with van der Waals surface area (Å²) >= 11 is 0. The molecule has 0 aliphatic carbocycles. The first-order chi connectivity index (χ1) is 9.20. The van der Waals surface area contributed by atoms with Crippen LogP contribution in [-0.4, -0.2) is 62.8 Å². The first kappa shape index (κ1) is 14.8. The molecule has 0 spiro atoms. The summed E-state index contributed by atoms with van der Waals surface area (Å²) in [7, 11) is 3.89. The van der Waals surface area contributed by atoms with Gasteiger partial charge in [0, 0.05) is 31.8 Å². The van der Waals surface area contributed by atoms with Gasteiger partial charge in [-0.3, -0.25) is 4.79 Å². The Kier molecular flexibility index (Phi) is 5.60. The molecular weight excluding hydrogens is 242 g/mol. The van der Waals surface area contributed by atoms with Gasteiger partial charge in [-0.15, -0.1) is 0 Å². The largest absolute Gasteiger partial charge is 0.383 e. The quantitative estimate of drug-likeness (QED) is 0.683. The molecule has 110 valence electrons. The van der Waals surface area contributed by atoms with Crippen LogP contribution in [0.3, 0.4) is 0 Å². The number of ether oxygens (including phenoxy) is 1. The molecule has 1 amide bonds. The first-order valence-corrected chi connectivity index (χ1v) is 7.41. The van der Waals surface area contributed by atoms with Crippen LogP contribution in [0.15, 0.2) is 0 Å². The molecule has 2 bridgehead atoms. The molecule has 2 N–H and O–H groups in total. The van der Waals surface area contributed by atoms with Gasteiger partial charge in [-0.05, 0) is 32.7 Å². The van der Waals surface area contributed by atoms with E-state index >= 15 is 0 Å². The average molecular weight is 269 g/mol. The van der Waals surface area contributed by atoms with Crippen molar-refractivity contribution < 1.29 is 9.53 Å². The second-order valence-corrected chi connectivity index (χ2v) is 5.80. The van der Waals surface area contributed by atoms with Crippen molar-refractivity contribution in [2.75, 3.05) is 33.9 Å². The van der Waals surface area contributed by atoms with Gasteiger partial charge < -0.3 is 20.3 Å². The standard InChI is InChI=1S/C14H27N3O2/c1-17-12-4-3-5-13(17)9-11(8-12)16-10-14(18)15-6-7-19-2/h11-13,16H,3-10H2,1-2H3,(H,15,18). The van der Waals surface area contributed by atoms with E-state index in [9.17, 15) is 4.79 Å². The number of carbonyl (C=O) groups excluding carboxylic acids is 1. The maximum atomic E-state index is 11.6. The van der Waals surface area contributed by atoms with Crippen molar-refractivity contribution in [1.29, 1.82) is 0 Å². The van der Waals surface area contributed by atoms with Crippen LogP contribution in [0.2, 0.25) is 0 Å². The zero-order valence-corrected chi connectivity index (χ0v) is 12.2. The van der Waals surface area contributed by atoms with E-state index in [0.29, 0.717) is 37.8 Å². The fourth-order valence-electron chi connectivity index (χ4n) is 3.37. The lowest BCUT2D eigenvalue weighted by Crippen LogP contribution is -2.55. The van der Waals surface area contributed by atoms with Crippen molar-refractivity contribution in [3.05, 3.63) is 0 Å². The highest BCUT2D eigenvalue weighted by Crippen LogP contribution is 2.32. The molecule has 2 heterocycles. The zero-order valence-electron chi connectivity index (χ0n) is 12.2. The molecule has 2 atom stereocenters. The highest BCUT2D eigenvalue weighted by Gasteiger charge is 2.35. The van der Waals surface area contributed by atoms with Gasteiger partial charge in [-0.2, -0.15) is 0 Å². The fraction of sp³-hybridized carbons (Fsp3) is 0.929. The zero-order chi connectivity index (χ0) is 13.7. The maximum absolute atomic E-state index is 11.6. The van der Waals surface area contributed by atoms with Crippen LogP contribution >= 0.6 is 0 Å². The lowest BCUT2D eigenvalue weighted by Gasteiger charge is -2.47. The van der Waals surface area contributed by atoms with Crippen LogP contribution in [0.5, 0.6) is 0 Å². The third-order valence-electron chi connectivity index (χ3n) is 4.52. The molecule has 2 aliphatic rings. The Balaban J connectivity index is 1.68. The minimum atomic E-state index is 0.0705. The van der Waals surface area contributed by atoms with Gasteiger partial charge in [-0.25, -0.2) is 0 Å². The molecule has 0 aromatic rings. The molecule has 5 nitrogen and oxygen atoms in total. The summed E-state index contributed by atoms with van der Waals surface area (Å²) in [5.41, 5.74) is 0. The fourth-order valence-corrected chi connectivity index (χ4v) is 3.37. The predicted molar refractivity (Wildman–Crippen MR) is 75.1 cm³/mol. The molecule has 2 rings (SSSR count). The van der Waals surface area contributed by atoms with Crippen LogP contribution < -0.4 is 10.6 Å². The third-order valence-corrected chi connectivity index (χ3v) is 4.52. The number of carbonyl (C=O) groups is 1. The third kappa shape index (κ3) is 4.16. The molecule has 2 aliphatic heterocycles. The van der Waals surface area contributed by atoms with Crippen molar-refractivity contribution in [3.8, 4) is 0 Å². The minimum Gasteiger partial charge on any atom is -0.383 e. The van der Waals surface area contributed by atoms with Gasteiger partial charge in [0.25, 0.3) is 0 Å². The molecule has 0 aromatic heterocycles. The van der Waals surface area contributed by atoms with Crippen LogP contribution in [-0.2, 0) is 9.53 Å². The van der Waals surface area contributed by atoms with E-state index in [0.717, 1.165) is 0 Å². The predicted octanol–water partition coefficient (Wildman–Crippen LogP) is 0.354. The number of methoxy groups -OCH3 is 1. The van der Waals surface area contributed by atoms with Gasteiger partial charge >= 0.3 is 0 Å². The molecule has 19 heavy (non-hydrogen) atoms. The van der Waals surface area contributed by atoms with Crippen molar-refractivity contribution >= 4 is 5.91 Å². The number of nitrogens with zero attached hydrogens (tertiary/aromatic N) is 1. The normalized spacial score (nSPS) is 31.2. The Morgan fingerprint density at radius 1 is 1.32 bits per heavy atom. The molecule has 0 aromatic carbocycles. The van der Waals surface area contributed by atoms with Gasteiger partial charge in [0.15, 0.2) is 0 Å². The summed E-state index contributed by atoms with van der Waals surface area (Å²) in [6.07, 6.45) is 6.34. The van der Waals surface area contributed by atoms with Gasteiger partial charge in [0.05, 0.1) is 13.2 Å². The van der Waals surface area contributed by atoms with Crippen LogP contribution in [0.25, 0.3) is 0 Å². The summed E-state index contributed by atoms with van der Waals surface area (Å²) in [5.74, 6) is 0.0705. The van der Waals surface area contributed by atoms with E-state index < -0.39 is 0 Å². The van der Waals surface area contributed by atoms with E-state index in [1.165, 1.54) is 32.1 Å². The summed E-state index contributed by atoms with van der Waals surface area (Å²) in [5, 5.41) is 6.26.